The summed E-state index contributed by atoms with van der Waals surface area (Å²) >= 11 is 6.11. The zero-order valence-electron chi connectivity index (χ0n) is 18.1. The average molecular weight is 451 g/mol. The monoisotopic (exact) mass is 450 g/mol. The number of carbonyl (C=O) groups is 2. The predicted molar refractivity (Wildman–Crippen MR) is 119 cm³/mol. The number of pyridine rings is 1. The molecular formula is C24H23ClN4O3. The molecule has 1 aliphatic rings. The van der Waals surface area contributed by atoms with Gasteiger partial charge in [-0.2, -0.15) is 9.67 Å². The van der Waals surface area contributed by atoms with Crippen molar-refractivity contribution in [3.05, 3.63) is 71.1 Å². The second-order valence-corrected chi connectivity index (χ2v) is 8.43. The molecule has 0 saturated carbocycles. The molecule has 4 rings (SSSR count). The van der Waals surface area contributed by atoms with E-state index in [-0.39, 0.29) is 29.3 Å². The lowest BCUT2D eigenvalue weighted by Crippen LogP contribution is -2.40. The Bertz CT molecular complexity index is 1230. The lowest BCUT2D eigenvalue weighted by Gasteiger charge is -2.17. The molecule has 32 heavy (non-hydrogen) atoms. The third-order valence-corrected chi connectivity index (χ3v) is 5.45. The number of aryl methyl sites for hydroxylation is 1. The fourth-order valence-corrected chi connectivity index (χ4v) is 4.02. The van der Waals surface area contributed by atoms with E-state index in [1.807, 2.05) is 26.8 Å². The highest BCUT2D eigenvalue weighted by Gasteiger charge is 2.46. The van der Waals surface area contributed by atoms with Crippen LogP contribution in [0.3, 0.4) is 0 Å². The van der Waals surface area contributed by atoms with Crippen molar-refractivity contribution in [2.24, 2.45) is 5.92 Å². The second-order valence-electron chi connectivity index (χ2n) is 7.99. The Labute approximate surface area is 191 Å². The van der Waals surface area contributed by atoms with Crippen LogP contribution in [0.15, 0.2) is 54.9 Å². The fraction of sp³-hybridized carbons (Fsp3) is 0.250. The molecule has 2 amide bonds. The highest BCUT2D eigenvalue weighted by Crippen LogP contribution is 2.37. The molecule has 3 aromatic rings. The van der Waals surface area contributed by atoms with Crippen molar-refractivity contribution in [3.63, 3.8) is 0 Å². The minimum Gasteiger partial charge on any atom is -0.858 e. The highest BCUT2D eigenvalue weighted by atomic mass is 35.5. The molecule has 0 N–H and O–H groups in total. The molecule has 7 nitrogen and oxygen atoms in total. The Balaban J connectivity index is 1.97. The standard InChI is InChI=1S/C24H23ClN4O3/c1-4-18-19(23(31)29(26-18)17-10-8-9-16(25)13-17)20-21(27-11-6-5-7-12-27)24(32)28(22(20)30)14-15(2)3/h5-13,15H,4,14H2,1-3H3. The number of amides is 2. The van der Waals surface area contributed by atoms with Gasteiger partial charge >= 0.3 is 5.91 Å². The largest absolute Gasteiger partial charge is 0.858 e. The summed E-state index contributed by atoms with van der Waals surface area (Å²) in [5, 5.41) is 18.5. The quantitative estimate of drug-likeness (QED) is 0.427. The van der Waals surface area contributed by atoms with E-state index in [1.54, 1.807) is 53.4 Å². The molecule has 0 aliphatic carbocycles. The van der Waals surface area contributed by atoms with Crippen LogP contribution < -0.4 is 9.67 Å². The van der Waals surface area contributed by atoms with Crippen LogP contribution in [0.5, 0.6) is 5.88 Å². The van der Waals surface area contributed by atoms with Gasteiger partial charge < -0.3 is 5.11 Å². The van der Waals surface area contributed by atoms with Crippen LogP contribution in [0.1, 0.15) is 32.0 Å². The molecule has 0 radical (unpaired) electrons. The van der Waals surface area contributed by atoms with E-state index < -0.39 is 17.7 Å². The zero-order valence-corrected chi connectivity index (χ0v) is 18.8. The smallest absolute Gasteiger partial charge is 0.326 e. The first kappa shape index (κ1) is 21.8. The van der Waals surface area contributed by atoms with Gasteiger partial charge in [-0.15, -0.1) is 0 Å². The van der Waals surface area contributed by atoms with Crippen LogP contribution in [-0.4, -0.2) is 33.0 Å². The van der Waals surface area contributed by atoms with Crippen molar-refractivity contribution < 1.29 is 19.3 Å². The van der Waals surface area contributed by atoms with E-state index in [0.717, 1.165) is 0 Å². The summed E-state index contributed by atoms with van der Waals surface area (Å²) in [7, 11) is 0. The van der Waals surface area contributed by atoms with Gasteiger partial charge in [-0.3, -0.25) is 14.5 Å². The summed E-state index contributed by atoms with van der Waals surface area (Å²) < 4.78 is 2.83. The third-order valence-electron chi connectivity index (χ3n) is 5.22. The first-order valence-electron chi connectivity index (χ1n) is 10.5. The van der Waals surface area contributed by atoms with Crippen LogP contribution >= 0.6 is 11.6 Å². The number of benzene rings is 1. The van der Waals surface area contributed by atoms with Crippen LogP contribution in [0, 0.1) is 5.92 Å². The van der Waals surface area contributed by atoms with Gasteiger partial charge in [0.2, 0.25) is 0 Å². The normalized spacial score (nSPS) is 14.2. The lowest BCUT2D eigenvalue weighted by molar-refractivity contribution is -0.576. The Hall–Kier alpha value is -3.45. The molecule has 0 atom stereocenters. The molecule has 8 heteroatoms. The zero-order chi connectivity index (χ0) is 23.0. The lowest BCUT2D eigenvalue weighted by atomic mass is 10.0. The number of nitrogens with zero attached hydrogens (tertiary/aromatic N) is 4. The van der Waals surface area contributed by atoms with Crippen molar-refractivity contribution in [1.82, 2.24) is 14.7 Å². The molecule has 2 aromatic heterocycles. The number of aromatic nitrogens is 3. The number of rotatable bonds is 6. The van der Waals surface area contributed by atoms with Crippen LogP contribution in [-0.2, 0) is 16.0 Å². The summed E-state index contributed by atoms with van der Waals surface area (Å²) in [5.41, 5.74) is 1.35. The van der Waals surface area contributed by atoms with E-state index in [9.17, 15) is 14.7 Å². The van der Waals surface area contributed by atoms with Gasteiger partial charge in [0.1, 0.15) is 5.57 Å². The van der Waals surface area contributed by atoms with Gasteiger partial charge in [0.15, 0.2) is 12.4 Å². The summed E-state index contributed by atoms with van der Waals surface area (Å²) in [6.07, 6.45) is 3.80. The Morgan fingerprint density at radius 1 is 1.09 bits per heavy atom. The van der Waals surface area contributed by atoms with Gasteiger partial charge in [0, 0.05) is 29.3 Å². The minimum atomic E-state index is -0.479. The van der Waals surface area contributed by atoms with E-state index in [4.69, 9.17) is 11.6 Å². The van der Waals surface area contributed by atoms with Crippen molar-refractivity contribution in [2.75, 3.05) is 6.54 Å². The highest BCUT2D eigenvalue weighted by molar-refractivity contribution is 6.45. The maximum absolute atomic E-state index is 13.5. The molecule has 0 saturated heterocycles. The van der Waals surface area contributed by atoms with Gasteiger partial charge in [-0.1, -0.05) is 44.5 Å². The molecule has 0 bridgehead atoms. The van der Waals surface area contributed by atoms with E-state index in [0.29, 0.717) is 22.8 Å². The Morgan fingerprint density at radius 2 is 1.81 bits per heavy atom. The number of imide groups is 1. The number of hydrogen-bond acceptors (Lipinski definition) is 4. The molecule has 1 aliphatic heterocycles. The molecular weight excluding hydrogens is 428 g/mol. The third kappa shape index (κ3) is 3.69. The van der Waals surface area contributed by atoms with Crippen LogP contribution in [0.4, 0.5) is 0 Å². The van der Waals surface area contributed by atoms with Gasteiger partial charge in [0.05, 0.1) is 11.4 Å². The summed E-state index contributed by atoms with van der Waals surface area (Å²) in [4.78, 5) is 28.1. The maximum atomic E-state index is 13.5. The summed E-state index contributed by atoms with van der Waals surface area (Å²) in [6, 6.07) is 12.1. The number of carbonyl (C=O) groups excluding carboxylic acids is 2. The topological polar surface area (TPSA) is 82.1 Å². The summed E-state index contributed by atoms with van der Waals surface area (Å²) in [6.45, 7) is 5.98. The first-order valence-corrected chi connectivity index (χ1v) is 10.8. The van der Waals surface area contributed by atoms with Gasteiger partial charge in [0.25, 0.3) is 11.6 Å². The molecule has 1 aromatic carbocycles. The SMILES string of the molecule is CCc1nn(-c2cccc(Cl)c2)c([O-])c1C1=C([n+]2ccccc2)C(=O)N(CC(C)C)C1=O. The average Bonchev–Trinajstić information content (AvgIpc) is 3.22. The van der Waals surface area contributed by atoms with Gasteiger partial charge in [-0.25, -0.2) is 4.68 Å². The van der Waals surface area contributed by atoms with Crippen molar-refractivity contribution in [3.8, 4) is 11.6 Å². The molecule has 3 heterocycles. The Morgan fingerprint density at radius 3 is 2.44 bits per heavy atom. The molecule has 0 fully saturated rings. The molecule has 0 spiro atoms. The van der Waals surface area contributed by atoms with Crippen molar-refractivity contribution >= 4 is 34.7 Å². The molecule has 0 unspecified atom stereocenters. The van der Waals surface area contributed by atoms with Crippen molar-refractivity contribution in [1.29, 1.82) is 0 Å². The molecule has 164 valence electrons. The summed E-state index contributed by atoms with van der Waals surface area (Å²) in [5.74, 6) is -1.28. The van der Waals surface area contributed by atoms with E-state index in [1.165, 1.54) is 9.58 Å². The maximum Gasteiger partial charge on any atom is 0.326 e. The van der Waals surface area contributed by atoms with Gasteiger partial charge in [-0.05, 0) is 36.4 Å². The second kappa shape index (κ2) is 8.59. The van der Waals surface area contributed by atoms with E-state index >= 15 is 0 Å². The first-order chi connectivity index (χ1) is 15.3. The van der Waals surface area contributed by atoms with E-state index in [2.05, 4.69) is 5.10 Å². The predicted octanol–water partition coefficient (Wildman–Crippen LogP) is 2.84. The van der Waals surface area contributed by atoms with Crippen molar-refractivity contribution in [2.45, 2.75) is 27.2 Å². The minimum absolute atomic E-state index is 0.0795. The number of hydrogen-bond donors (Lipinski definition) is 0. The number of halogens is 1. The fourth-order valence-electron chi connectivity index (χ4n) is 3.83. The van der Waals surface area contributed by atoms with Crippen LogP contribution in [0.2, 0.25) is 5.02 Å². The Kier molecular flexibility index (Phi) is 5.84. The van der Waals surface area contributed by atoms with Crippen LogP contribution in [0.25, 0.3) is 17.0 Å².